The molecule has 1 aliphatic rings. The number of carbonyl (C=O) groups is 1. The minimum atomic E-state index is -0.873. The van der Waals surface area contributed by atoms with Crippen molar-refractivity contribution in [3.63, 3.8) is 0 Å². The summed E-state index contributed by atoms with van der Waals surface area (Å²) in [5.41, 5.74) is 4.08. The molecule has 0 unspecified atom stereocenters. The van der Waals surface area contributed by atoms with E-state index in [9.17, 15) is 4.79 Å². The van der Waals surface area contributed by atoms with Gasteiger partial charge in [-0.25, -0.2) is 4.79 Å². The quantitative estimate of drug-likeness (QED) is 0.907. The zero-order chi connectivity index (χ0) is 13.9. The van der Waals surface area contributed by atoms with E-state index >= 15 is 0 Å². The van der Waals surface area contributed by atoms with Crippen molar-refractivity contribution in [3.05, 3.63) is 65.2 Å². The highest BCUT2D eigenvalue weighted by atomic mass is 16.4. The van der Waals surface area contributed by atoms with Crippen LogP contribution in [0.5, 0.6) is 0 Å². The summed E-state index contributed by atoms with van der Waals surface area (Å²) >= 11 is 0. The number of carboxylic acids is 1. The number of carboxylic acid groups (broad SMARTS) is 1. The van der Waals surface area contributed by atoms with E-state index in [2.05, 4.69) is 29.2 Å². The van der Waals surface area contributed by atoms with Crippen LogP contribution in [0.3, 0.4) is 0 Å². The van der Waals surface area contributed by atoms with Crippen molar-refractivity contribution in [1.82, 2.24) is 0 Å². The van der Waals surface area contributed by atoms with Crippen LogP contribution in [0, 0.1) is 0 Å². The van der Waals surface area contributed by atoms with Gasteiger partial charge in [-0.2, -0.15) is 0 Å². The SMILES string of the molecule is O=C(O)c1cccc(N2CCCc3ccccc3C2)c1. The molecule has 3 heteroatoms. The molecule has 0 atom stereocenters. The summed E-state index contributed by atoms with van der Waals surface area (Å²) in [6.07, 6.45) is 2.18. The van der Waals surface area contributed by atoms with Crippen LogP contribution in [0.1, 0.15) is 27.9 Å². The standard InChI is InChI=1S/C17H17NO2/c19-17(20)14-7-3-9-16(11-14)18-10-4-8-13-5-1-2-6-15(13)12-18/h1-3,5-7,9,11H,4,8,10,12H2,(H,19,20). The van der Waals surface area contributed by atoms with E-state index in [-0.39, 0.29) is 0 Å². The number of aryl methyl sites for hydroxylation is 1. The Morgan fingerprint density at radius 1 is 1.05 bits per heavy atom. The zero-order valence-electron chi connectivity index (χ0n) is 11.2. The molecule has 0 aliphatic carbocycles. The minimum absolute atomic E-state index is 0.347. The molecule has 102 valence electrons. The third kappa shape index (κ3) is 2.52. The molecular weight excluding hydrogens is 250 g/mol. The van der Waals surface area contributed by atoms with Crippen molar-refractivity contribution in [3.8, 4) is 0 Å². The lowest BCUT2D eigenvalue weighted by atomic mass is 10.0. The Kier molecular flexibility index (Phi) is 3.42. The number of benzene rings is 2. The lowest BCUT2D eigenvalue weighted by molar-refractivity contribution is 0.0697. The first kappa shape index (κ1) is 12.7. The normalized spacial score (nSPS) is 14.5. The predicted octanol–water partition coefficient (Wildman–Crippen LogP) is 3.34. The molecule has 0 radical (unpaired) electrons. The van der Waals surface area contributed by atoms with E-state index in [1.807, 2.05) is 12.1 Å². The summed E-state index contributed by atoms with van der Waals surface area (Å²) in [5.74, 6) is -0.873. The van der Waals surface area contributed by atoms with E-state index in [1.54, 1.807) is 12.1 Å². The smallest absolute Gasteiger partial charge is 0.335 e. The van der Waals surface area contributed by atoms with Crippen LogP contribution in [0.25, 0.3) is 0 Å². The third-order valence-corrected chi connectivity index (χ3v) is 3.81. The Bertz CT molecular complexity index is 636. The largest absolute Gasteiger partial charge is 0.478 e. The molecule has 2 aromatic rings. The second kappa shape index (κ2) is 5.37. The van der Waals surface area contributed by atoms with Gasteiger partial charge in [-0.1, -0.05) is 30.3 Å². The first-order valence-corrected chi connectivity index (χ1v) is 6.89. The first-order chi connectivity index (χ1) is 9.74. The van der Waals surface area contributed by atoms with Gasteiger partial charge in [-0.3, -0.25) is 0 Å². The lowest BCUT2D eigenvalue weighted by Gasteiger charge is -2.23. The van der Waals surface area contributed by atoms with Gasteiger partial charge in [0.15, 0.2) is 0 Å². The summed E-state index contributed by atoms with van der Waals surface area (Å²) in [4.78, 5) is 13.3. The van der Waals surface area contributed by atoms with Crippen LogP contribution in [0.15, 0.2) is 48.5 Å². The van der Waals surface area contributed by atoms with Crippen molar-refractivity contribution in [2.75, 3.05) is 11.4 Å². The van der Waals surface area contributed by atoms with Gasteiger partial charge in [-0.05, 0) is 42.2 Å². The van der Waals surface area contributed by atoms with Crippen molar-refractivity contribution in [2.24, 2.45) is 0 Å². The fraction of sp³-hybridized carbons (Fsp3) is 0.235. The molecule has 0 amide bonds. The average Bonchev–Trinajstić information content (AvgIpc) is 2.69. The van der Waals surface area contributed by atoms with Crippen molar-refractivity contribution in [1.29, 1.82) is 0 Å². The van der Waals surface area contributed by atoms with E-state index < -0.39 is 5.97 Å². The highest BCUT2D eigenvalue weighted by Gasteiger charge is 2.15. The molecule has 0 saturated carbocycles. The maximum Gasteiger partial charge on any atom is 0.335 e. The van der Waals surface area contributed by atoms with Gasteiger partial charge in [0.1, 0.15) is 0 Å². The molecule has 0 spiro atoms. The number of fused-ring (bicyclic) bond motifs is 1. The number of anilines is 1. The summed E-state index contributed by atoms with van der Waals surface area (Å²) in [6.45, 7) is 1.80. The molecule has 1 N–H and O–H groups in total. The topological polar surface area (TPSA) is 40.5 Å². The molecule has 1 heterocycles. The second-order valence-corrected chi connectivity index (χ2v) is 5.15. The molecule has 0 saturated heterocycles. The first-order valence-electron chi connectivity index (χ1n) is 6.89. The molecule has 20 heavy (non-hydrogen) atoms. The van der Waals surface area contributed by atoms with Gasteiger partial charge in [0.25, 0.3) is 0 Å². The fourth-order valence-electron chi connectivity index (χ4n) is 2.76. The van der Waals surface area contributed by atoms with Gasteiger partial charge in [0.05, 0.1) is 5.56 Å². The van der Waals surface area contributed by atoms with E-state index in [0.717, 1.165) is 31.6 Å². The number of hydrogen-bond acceptors (Lipinski definition) is 2. The number of nitrogens with zero attached hydrogens (tertiary/aromatic N) is 1. The Hall–Kier alpha value is -2.29. The van der Waals surface area contributed by atoms with Crippen molar-refractivity contribution in [2.45, 2.75) is 19.4 Å². The summed E-state index contributed by atoms with van der Waals surface area (Å²) in [6, 6.07) is 15.7. The molecule has 0 fully saturated rings. The van der Waals surface area contributed by atoms with Gasteiger partial charge in [0, 0.05) is 18.8 Å². The molecule has 3 nitrogen and oxygen atoms in total. The van der Waals surface area contributed by atoms with Crippen molar-refractivity contribution >= 4 is 11.7 Å². The highest BCUT2D eigenvalue weighted by molar-refractivity contribution is 5.88. The Morgan fingerprint density at radius 2 is 1.85 bits per heavy atom. The zero-order valence-corrected chi connectivity index (χ0v) is 11.2. The highest BCUT2D eigenvalue weighted by Crippen LogP contribution is 2.24. The van der Waals surface area contributed by atoms with E-state index in [4.69, 9.17) is 5.11 Å². The predicted molar refractivity (Wildman–Crippen MR) is 79.2 cm³/mol. The van der Waals surface area contributed by atoms with E-state index in [1.165, 1.54) is 11.1 Å². The average molecular weight is 267 g/mol. The summed E-state index contributed by atoms with van der Waals surface area (Å²) < 4.78 is 0. The second-order valence-electron chi connectivity index (χ2n) is 5.15. The van der Waals surface area contributed by atoms with Crippen LogP contribution >= 0.6 is 0 Å². The summed E-state index contributed by atoms with van der Waals surface area (Å²) in [5, 5.41) is 9.10. The molecule has 3 rings (SSSR count). The number of aromatic carboxylic acids is 1. The molecule has 2 aromatic carbocycles. The minimum Gasteiger partial charge on any atom is -0.478 e. The maximum absolute atomic E-state index is 11.1. The number of rotatable bonds is 2. The fourth-order valence-corrected chi connectivity index (χ4v) is 2.76. The van der Waals surface area contributed by atoms with Crippen LogP contribution in [-0.4, -0.2) is 17.6 Å². The lowest BCUT2D eigenvalue weighted by Crippen LogP contribution is -2.22. The van der Waals surface area contributed by atoms with Gasteiger partial charge in [-0.15, -0.1) is 0 Å². The molecular formula is C17H17NO2. The molecule has 1 aliphatic heterocycles. The van der Waals surface area contributed by atoms with Crippen LogP contribution in [0.2, 0.25) is 0 Å². The van der Waals surface area contributed by atoms with Crippen LogP contribution < -0.4 is 4.90 Å². The van der Waals surface area contributed by atoms with Gasteiger partial charge >= 0.3 is 5.97 Å². The van der Waals surface area contributed by atoms with Gasteiger partial charge in [0.2, 0.25) is 0 Å². The molecule has 0 aromatic heterocycles. The van der Waals surface area contributed by atoms with E-state index in [0.29, 0.717) is 5.56 Å². The Labute approximate surface area is 118 Å². The molecule has 0 bridgehead atoms. The maximum atomic E-state index is 11.1. The Balaban J connectivity index is 1.91. The monoisotopic (exact) mass is 267 g/mol. The summed E-state index contributed by atoms with van der Waals surface area (Å²) in [7, 11) is 0. The van der Waals surface area contributed by atoms with Crippen LogP contribution in [-0.2, 0) is 13.0 Å². The van der Waals surface area contributed by atoms with Crippen molar-refractivity contribution < 1.29 is 9.90 Å². The number of hydrogen-bond donors (Lipinski definition) is 1. The van der Waals surface area contributed by atoms with Crippen LogP contribution in [0.4, 0.5) is 5.69 Å². The third-order valence-electron chi connectivity index (χ3n) is 3.81. The Morgan fingerprint density at radius 3 is 2.65 bits per heavy atom. The van der Waals surface area contributed by atoms with Gasteiger partial charge < -0.3 is 10.0 Å².